The van der Waals surface area contributed by atoms with Crippen molar-refractivity contribution in [1.82, 2.24) is 4.90 Å². The summed E-state index contributed by atoms with van der Waals surface area (Å²) in [5.41, 5.74) is 2.77. The molecule has 148 valence electrons. The number of Topliss-reactive ketones (excluding diaryl/α,β-unsaturated/α-hetero) is 1. The minimum Gasteiger partial charge on any atom is -0.507 e. The first-order valence-electron chi connectivity index (χ1n) is 9.73. The fraction of sp³-hybridized carbons (Fsp3) is 0.348. The molecule has 0 aliphatic carbocycles. The van der Waals surface area contributed by atoms with Crippen LogP contribution in [-0.4, -0.2) is 35.5 Å². The number of nitrogens with zero attached hydrogens (tertiary/aromatic N) is 1. The second-order valence-electron chi connectivity index (χ2n) is 6.80. The summed E-state index contributed by atoms with van der Waals surface area (Å²) in [4.78, 5) is 15.1. The maximum atomic E-state index is 13.0. The van der Waals surface area contributed by atoms with Crippen LogP contribution in [0.25, 0.3) is 6.08 Å². The summed E-state index contributed by atoms with van der Waals surface area (Å²) in [6.07, 6.45) is 1.73. The molecule has 0 atom stereocenters. The van der Waals surface area contributed by atoms with E-state index in [2.05, 4.69) is 18.7 Å². The van der Waals surface area contributed by atoms with Crippen LogP contribution in [0.15, 0.2) is 36.1 Å². The van der Waals surface area contributed by atoms with Gasteiger partial charge in [-0.15, -0.1) is 0 Å². The standard InChI is InChI=1S/C23H27NO4/c1-5-24(6-2)14-18-19(25)12-15(4)21-22(26)20(28-23(18)21)13-16-8-10-17(11-9-16)27-7-3/h8-13,25H,5-7,14H2,1-4H3/b20-13-. The molecule has 3 rings (SSSR count). The first-order chi connectivity index (χ1) is 13.5. The molecule has 28 heavy (non-hydrogen) atoms. The molecule has 1 aliphatic rings. The van der Waals surface area contributed by atoms with Crippen LogP contribution < -0.4 is 9.47 Å². The number of hydrogen-bond acceptors (Lipinski definition) is 5. The van der Waals surface area contributed by atoms with E-state index < -0.39 is 0 Å². The van der Waals surface area contributed by atoms with Gasteiger partial charge >= 0.3 is 0 Å². The molecule has 5 nitrogen and oxygen atoms in total. The summed E-state index contributed by atoms with van der Waals surface area (Å²) in [7, 11) is 0. The van der Waals surface area contributed by atoms with Crippen molar-refractivity contribution < 1.29 is 19.4 Å². The summed E-state index contributed by atoms with van der Waals surface area (Å²) in [5, 5.41) is 10.5. The molecular weight excluding hydrogens is 354 g/mol. The van der Waals surface area contributed by atoms with E-state index in [9.17, 15) is 9.90 Å². The van der Waals surface area contributed by atoms with Gasteiger partial charge in [-0.2, -0.15) is 0 Å². The molecule has 2 aromatic rings. The lowest BCUT2D eigenvalue weighted by Gasteiger charge is -2.20. The number of ether oxygens (including phenoxy) is 2. The Hall–Kier alpha value is -2.79. The first kappa shape index (κ1) is 20.0. The maximum absolute atomic E-state index is 13.0. The predicted molar refractivity (Wildman–Crippen MR) is 110 cm³/mol. The van der Waals surface area contributed by atoms with Gasteiger partial charge in [0.25, 0.3) is 0 Å². The molecule has 0 fully saturated rings. The molecule has 1 N–H and O–H groups in total. The van der Waals surface area contributed by atoms with Crippen molar-refractivity contribution in [2.45, 2.75) is 34.2 Å². The topological polar surface area (TPSA) is 59.0 Å². The third kappa shape index (κ3) is 3.90. The number of fused-ring (bicyclic) bond motifs is 1. The molecule has 0 unspecified atom stereocenters. The van der Waals surface area contributed by atoms with E-state index in [-0.39, 0.29) is 17.3 Å². The molecule has 2 aromatic carbocycles. The van der Waals surface area contributed by atoms with Crippen molar-refractivity contribution in [3.63, 3.8) is 0 Å². The summed E-state index contributed by atoms with van der Waals surface area (Å²) in [6, 6.07) is 9.16. The Balaban J connectivity index is 1.96. The van der Waals surface area contributed by atoms with Crippen LogP contribution in [0.2, 0.25) is 0 Å². The fourth-order valence-corrected chi connectivity index (χ4v) is 3.38. The highest BCUT2D eigenvalue weighted by atomic mass is 16.5. The Labute approximate surface area is 166 Å². The largest absolute Gasteiger partial charge is 0.507 e. The van der Waals surface area contributed by atoms with Gasteiger partial charge in [-0.1, -0.05) is 26.0 Å². The van der Waals surface area contributed by atoms with Gasteiger partial charge in [0.1, 0.15) is 17.2 Å². The molecule has 1 heterocycles. The third-order valence-corrected chi connectivity index (χ3v) is 4.99. The van der Waals surface area contributed by atoms with Crippen LogP contribution in [0.1, 0.15) is 47.8 Å². The monoisotopic (exact) mass is 381 g/mol. The van der Waals surface area contributed by atoms with Crippen LogP contribution in [0.5, 0.6) is 17.2 Å². The summed E-state index contributed by atoms with van der Waals surface area (Å²) < 4.78 is 11.4. The third-order valence-electron chi connectivity index (χ3n) is 4.99. The van der Waals surface area contributed by atoms with Gasteiger partial charge in [-0.05, 0) is 62.3 Å². The van der Waals surface area contributed by atoms with E-state index in [0.717, 1.165) is 30.0 Å². The Morgan fingerprint density at radius 1 is 1.14 bits per heavy atom. The summed E-state index contributed by atoms with van der Waals surface area (Å²) in [5.74, 6) is 1.55. The predicted octanol–water partition coefficient (Wildman–Crippen LogP) is 4.56. The molecule has 1 aliphatic heterocycles. The van der Waals surface area contributed by atoms with Crippen molar-refractivity contribution in [1.29, 1.82) is 0 Å². The zero-order valence-electron chi connectivity index (χ0n) is 16.9. The second kappa shape index (κ2) is 8.48. The highest BCUT2D eigenvalue weighted by Gasteiger charge is 2.33. The number of carbonyl (C=O) groups is 1. The van der Waals surface area contributed by atoms with Crippen molar-refractivity contribution in [2.24, 2.45) is 0 Å². The smallest absolute Gasteiger partial charge is 0.232 e. The highest BCUT2D eigenvalue weighted by molar-refractivity contribution is 6.15. The summed E-state index contributed by atoms with van der Waals surface area (Å²) >= 11 is 0. The lowest BCUT2D eigenvalue weighted by molar-refractivity contribution is 0.101. The lowest BCUT2D eigenvalue weighted by Crippen LogP contribution is -2.22. The number of rotatable bonds is 7. The van der Waals surface area contributed by atoms with Gasteiger partial charge < -0.3 is 14.6 Å². The van der Waals surface area contributed by atoms with Gasteiger partial charge in [-0.25, -0.2) is 0 Å². The van der Waals surface area contributed by atoms with Crippen molar-refractivity contribution in [2.75, 3.05) is 19.7 Å². The Morgan fingerprint density at radius 2 is 1.82 bits per heavy atom. The normalized spacial score (nSPS) is 14.5. The fourth-order valence-electron chi connectivity index (χ4n) is 3.38. The van der Waals surface area contributed by atoms with E-state index in [4.69, 9.17) is 9.47 Å². The number of allylic oxidation sites excluding steroid dienone is 1. The second-order valence-corrected chi connectivity index (χ2v) is 6.80. The maximum Gasteiger partial charge on any atom is 0.232 e. The number of carbonyl (C=O) groups excluding carboxylic acids is 1. The van der Waals surface area contributed by atoms with Crippen LogP contribution >= 0.6 is 0 Å². The Morgan fingerprint density at radius 3 is 2.43 bits per heavy atom. The Bertz CT molecular complexity index is 896. The number of phenols is 1. The van der Waals surface area contributed by atoms with Gasteiger partial charge in [0, 0.05) is 6.54 Å². The molecular formula is C23H27NO4. The van der Waals surface area contributed by atoms with Crippen LogP contribution in [0.3, 0.4) is 0 Å². The average molecular weight is 381 g/mol. The van der Waals surface area contributed by atoms with E-state index in [1.165, 1.54) is 0 Å². The molecule has 0 spiro atoms. The number of aryl methyl sites for hydroxylation is 1. The van der Waals surface area contributed by atoms with Crippen LogP contribution in [-0.2, 0) is 6.54 Å². The van der Waals surface area contributed by atoms with Crippen molar-refractivity contribution >= 4 is 11.9 Å². The van der Waals surface area contributed by atoms with E-state index in [0.29, 0.717) is 30.0 Å². The SMILES string of the molecule is CCOc1ccc(/C=C2\Oc3c(CN(CC)CC)c(O)cc(C)c3C2=O)cc1. The molecule has 0 saturated heterocycles. The van der Waals surface area contributed by atoms with E-state index in [1.54, 1.807) is 12.1 Å². The number of ketones is 1. The zero-order chi connectivity index (χ0) is 20.3. The quantitative estimate of drug-likeness (QED) is 0.713. The molecule has 0 amide bonds. The van der Waals surface area contributed by atoms with Gasteiger partial charge in [0.15, 0.2) is 5.76 Å². The first-order valence-corrected chi connectivity index (χ1v) is 9.73. The molecule has 0 radical (unpaired) electrons. The van der Waals surface area contributed by atoms with E-state index >= 15 is 0 Å². The van der Waals surface area contributed by atoms with Crippen molar-refractivity contribution in [3.05, 3.63) is 58.3 Å². The molecule has 0 aromatic heterocycles. The zero-order valence-corrected chi connectivity index (χ0v) is 16.9. The number of aromatic hydroxyl groups is 1. The van der Waals surface area contributed by atoms with Crippen LogP contribution in [0.4, 0.5) is 0 Å². The van der Waals surface area contributed by atoms with Crippen molar-refractivity contribution in [3.8, 4) is 17.2 Å². The molecule has 5 heteroatoms. The number of benzene rings is 2. The number of phenolic OH excluding ortho intramolecular Hbond substituents is 1. The van der Waals surface area contributed by atoms with E-state index in [1.807, 2.05) is 38.1 Å². The number of hydrogen-bond donors (Lipinski definition) is 1. The highest BCUT2D eigenvalue weighted by Crippen LogP contribution is 2.42. The Kier molecular flexibility index (Phi) is 6.05. The van der Waals surface area contributed by atoms with Crippen LogP contribution in [0, 0.1) is 6.92 Å². The van der Waals surface area contributed by atoms with Gasteiger partial charge in [0.05, 0.1) is 17.7 Å². The lowest BCUT2D eigenvalue weighted by atomic mass is 9.99. The molecule has 0 saturated carbocycles. The van der Waals surface area contributed by atoms with Gasteiger partial charge in [-0.3, -0.25) is 9.69 Å². The summed E-state index contributed by atoms with van der Waals surface area (Å²) in [6.45, 7) is 10.7. The van der Waals surface area contributed by atoms with Gasteiger partial charge in [0.2, 0.25) is 5.78 Å². The minimum atomic E-state index is -0.151. The minimum absolute atomic E-state index is 0.151. The molecule has 0 bridgehead atoms. The average Bonchev–Trinajstić information content (AvgIpc) is 3.00.